The van der Waals surface area contributed by atoms with Crippen LogP contribution in [0.4, 0.5) is 4.39 Å². The molecule has 0 bridgehead atoms. The number of unbranched alkanes of at least 4 members (excludes halogenated alkanes) is 1. The van der Waals surface area contributed by atoms with Crippen molar-refractivity contribution in [1.29, 1.82) is 0 Å². The summed E-state index contributed by atoms with van der Waals surface area (Å²) in [5, 5.41) is 12.5. The van der Waals surface area contributed by atoms with Crippen molar-refractivity contribution in [3.05, 3.63) is 35.1 Å². The minimum Gasteiger partial charge on any atom is -0.316 e. The Morgan fingerprint density at radius 3 is 2.73 bits per heavy atom. The Kier molecular flexibility index (Phi) is 9.06. The molecule has 1 aromatic rings. The molecule has 4 nitrogen and oxygen atoms in total. The Bertz CT molecular complexity index is 559. The van der Waals surface area contributed by atoms with Gasteiger partial charge in [-0.3, -0.25) is 10.0 Å². The molecule has 0 heterocycles. The third-order valence-electron chi connectivity index (χ3n) is 5.50. The first kappa shape index (κ1) is 20.8. The third-order valence-corrected chi connectivity index (χ3v) is 5.50. The topological polar surface area (TPSA) is 61.4 Å². The van der Waals surface area contributed by atoms with E-state index in [1.807, 2.05) is 0 Å². The summed E-state index contributed by atoms with van der Waals surface area (Å²) in [5.74, 6) is -0.0512. The average molecular weight is 365 g/mol. The van der Waals surface area contributed by atoms with Crippen molar-refractivity contribution >= 4 is 5.91 Å². The van der Waals surface area contributed by atoms with Gasteiger partial charge in [0.2, 0.25) is 5.91 Å². The van der Waals surface area contributed by atoms with E-state index in [0.29, 0.717) is 18.4 Å². The maximum Gasteiger partial charge on any atom is 0.246 e. The van der Waals surface area contributed by atoms with Crippen LogP contribution in [0.5, 0.6) is 0 Å². The number of aryl methyl sites for hydroxylation is 1. The molecule has 1 aromatic carbocycles. The molecule has 0 aromatic heterocycles. The fourth-order valence-electron chi connectivity index (χ4n) is 3.87. The highest BCUT2D eigenvalue weighted by Gasteiger charge is 2.19. The highest BCUT2D eigenvalue weighted by molar-refractivity contribution is 5.77. The molecule has 0 unspecified atom stereocenters. The number of benzene rings is 1. The van der Waals surface area contributed by atoms with Crippen molar-refractivity contribution in [2.75, 3.05) is 13.1 Å². The lowest BCUT2D eigenvalue weighted by atomic mass is 9.89. The summed E-state index contributed by atoms with van der Waals surface area (Å²) in [5.41, 5.74) is 3.28. The number of nitrogens with one attached hydrogen (secondary N) is 2. The van der Waals surface area contributed by atoms with E-state index < -0.39 is 0 Å². The zero-order valence-electron chi connectivity index (χ0n) is 15.9. The fourth-order valence-corrected chi connectivity index (χ4v) is 3.87. The number of hydrogen-bond donors (Lipinski definition) is 3. The van der Waals surface area contributed by atoms with Gasteiger partial charge in [0.25, 0.3) is 0 Å². The summed E-state index contributed by atoms with van der Waals surface area (Å²) < 4.78 is 13.4. The molecule has 0 spiro atoms. The lowest BCUT2D eigenvalue weighted by Gasteiger charge is -2.21. The van der Waals surface area contributed by atoms with Gasteiger partial charge in [-0.1, -0.05) is 37.8 Å². The molecule has 0 aliphatic heterocycles. The Morgan fingerprint density at radius 2 is 2.04 bits per heavy atom. The molecule has 1 fully saturated rings. The van der Waals surface area contributed by atoms with Crippen LogP contribution in [0, 0.1) is 24.6 Å². The van der Waals surface area contributed by atoms with Crippen molar-refractivity contribution in [3.8, 4) is 0 Å². The second kappa shape index (κ2) is 11.3. The number of amides is 1. The number of hydrogen-bond acceptors (Lipinski definition) is 3. The summed E-state index contributed by atoms with van der Waals surface area (Å²) in [7, 11) is 0. The van der Waals surface area contributed by atoms with Crippen molar-refractivity contribution in [2.24, 2.45) is 11.8 Å². The second-order valence-corrected chi connectivity index (χ2v) is 7.66. The van der Waals surface area contributed by atoms with E-state index in [1.165, 1.54) is 38.2 Å². The first-order valence-corrected chi connectivity index (χ1v) is 10.00. The van der Waals surface area contributed by atoms with Gasteiger partial charge in [-0.05, 0) is 75.2 Å². The predicted octanol–water partition coefficient (Wildman–Crippen LogP) is 4.14. The van der Waals surface area contributed by atoms with E-state index in [9.17, 15) is 9.18 Å². The summed E-state index contributed by atoms with van der Waals surface area (Å²) in [6.07, 6.45) is 10.0. The van der Waals surface area contributed by atoms with Crippen LogP contribution in [0.2, 0.25) is 0 Å². The maximum absolute atomic E-state index is 13.4. The van der Waals surface area contributed by atoms with Crippen molar-refractivity contribution in [1.82, 2.24) is 10.8 Å². The van der Waals surface area contributed by atoms with E-state index in [0.717, 1.165) is 37.4 Å². The van der Waals surface area contributed by atoms with E-state index in [2.05, 4.69) is 5.32 Å². The monoisotopic (exact) mass is 364 g/mol. The molecular weight excluding hydrogens is 331 g/mol. The molecule has 146 valence electrons. The molecule has 0 saturated heterocycles. The Balaban J connectivity index is 1.70. The molecule has 1 amide bonds. The van der Waals surface area contributed by atoms with Crippen molar-refractivity contribution in [3.63, 3.8) is 0 Å². The van der Waals surface area contributed by atoms with Crippen LogP contribution >= 0.6 is 0 Å². The van der Waals surface area contributed by atoms with Gasteiger partial charge in [-0.25, -0.2) is 9.87 Å². The summed E-state index contributed by atoms with van der Waals surface area (Å²) in [4.78, 5) is 11.9. The number of carbonyl (C=O) groups is 1. The van der Waals surface area contributed by atoms with Gasteiger partial charge in [0, 0.05) is 5.92 Å². The largest absolute Gasteiger partial charge is 0.316 e. The molecular formula is C21H33FN2O2. The van der Waals surface area contributed by atoms with Gasteiger partial charge in [0.1, 0.15) is 5.82 Å². The number of carbonyl (C=O) groups excluding carboxylic acids is 1. The molecule has 3 N–H and O–H groups in total. The van der Waals surface area contributed by atoms with E-state index >= 15 is 0 Å². The van der Waals surface area contributed by atoms with Crippen molar-refractivity contribution < 1.29 is 14.4 Å². The molecule has 5 heteroatoms. The number of hydroxylamine groups is 1. The zero-order valence-corrected chi connectivity index (χ0v) is 15.9. The van der Waals surface area contributed by atoms with Gasteiger partial charge >= 0.3 is 0 Å². The van der Waals surface area contributed by atoms with Crippen LogP contribution in [0.25, 0.3) is 0 Å². The van der Waals surface area contributed by atoms with Crippen LogP contribution in [0.3, 0.4) is 0 Å². The summed E-state index contributed by atoms with van der Waals surface area (Å²) >= 11 is 0. The van der Waals surface area contributed by atoms with Crippen LogP contribution in [-0.4, -0.2) is 24.2 Å². The predicted molar refractivity (Wildman–Crippen MR) is 102 cm³/mol. The Morgan fingerprint density at radius 1 is 1.27 bits per heavy atom. The molecule has 0 radical (unpaired) electrons. The summed E-state index contributed by atoms with van der Waals surface area (Å²) in [6.45, 7) is 3.80. The van der Waals surface area contributed by atoms with E-state index in [4.69, 9.17) is 5.21 Å². The van der Waals surface area contributed by atoms with Crippen LogP contribution in [0.1, 0.15) is 62.5 Å². The lowest BCUT2D eigenvalue weighted by molar-refractivity contribution is -0.133. The molecule has 26 heavy (non-hydrogen) atoms. The van der Waals surface area contributed by atoms with E-state index in [1.54, 1.807) is 24.5 Å². The maximum atomic E-state index is 13.4. The number of halogens is 1. The normalized spacial score (nSPS) is 16.4. The van der Waals surface area contributed by atoms with Crippen LogP contribution < -0.4 is 10.8 Å². The standard InChI is InChI=1S/C21H33FN2O2/c1-16-13-18(10-11-20(16)22)14-19(21(25)24-26)9-5-6-12-23-15-17-7-3-2-4-8-17/h10-11,13,17,19,23,26H,2-9,12,14-15H2,1H3,(H,24,25)/t19-/m0/s1. The lowest BCUT2D eigenvalue weighted by Crippen LogP contribution is -2.30. The Hall–Kier alpha value is -1.46. The van der Waals surface area contributed by atoms with Gasteiger partial charge in [-0.15, -0.1) is 0 Å². The smallest absolute Gasteiger partial charge is 0.246 e. The second-order valence-electron chi connectivity index (χ2n) is 7.66. The van der Waals surface area contributed by atoms with Gasteiger partial charge in [0.05, 0.1) is 0 Å². The Labute approximate surface area is 156 Å². The highest BCUT2D eigenvalue weighted by atomic mass is 19.1. The fraction of sp³-hybridized carbons (Fsp3) is 0.667. The first-order valence-electron chi connectivity index (χ1n) is 10.00. The third kappa shape index (κ3) is 7.04. The number of rotatable bonds is 10. The minimum atomic E-state index is -0.359. The quantitative estimate of drug-likeness (QED) is 0.332. The molecule has 2 rings (SSSR count). The first-order chi connectivity index (χ1) is 12.6. The van der Waals surface area contributed by atoms with Crippen molar-refractivity contribution in [2.45, 2.75) is 64.7 Å². The van der Waals surface area contributed by atoms with Gasteiger partial charge in [-0.2, -0.15) is 0 Å². The average Bonchev–Trinajstić information content (AvgIpc) is 2.66. The molecule has 1 atom stereocenters. The van der Waals surface area contributed by atoms with Crippen LogP contribution in [0.15, 0.2) is 18.2 Å². The van der Waals surface area contributed by atoms with E-state index in [-0.39, 0.29) is 17.6 Å². The summed E-state index contributed by atoms with van der Waals surface area (Å²) in [6, 6.07) is 4.93. The van der Waals surface area contributed by atoms with Crippen LogP contribution in [-0.2, 0) is 11.2 Å². The molecule has 1 aliphatic carbocycles. The molecule has 1 saturated carbocycles. The highest BCUT2D eigenvalue weighted by Crippen LogP contribution is 2.23. The minimum absolute atomic E-state index is 0.235. The SMILES string of the molecule is Cc1cc(C[C@H](CCCCNCC2CCCCC2)C(=O)NO)ccc1F. The van der Waals surface area contributed by atoms with Gasteiger partial charge in [0.15, 0.2) is 0 Å². The van der Waals surface area contributed by atoms with Gasteiger partial charge < -0.3 is 5.32 Å². The molecule has 1 aliphatic rings. The zero-order chi connectivity index (χ0) is 18.8.